The van der Waals surface area contributed by atoms with E-state index in [4.69, 9.17) is 23.2 Å². The second-order valence-corrected chi connectivity index (χ2v) is 5.29. The highest BCUT2D eigenvalue weighted by atomic mass is 35.5. The van der Waals surface area contributed by atoms with Crippen molar-refractivity contribution in [3.05, 3.63) is 29.0 Å². The zero-order valence-corrected chi connectivity index (χ0v) is 12.8. The molecule has 0 saturated heterocycles. The van der Waals surface area contributed by atoms with Crippen LogP contribution >= 0.6 is 23.2 Å². The fourth-order valence-corrected chi connectivity index (χ4v) is 2.41. The Hall–Kier alpha value is -1.26. The maximum Gasteiger partial charge on any atom is 0.240 e. The molecular formula is C14H17Cl2N3O. The minimum atomic E-state index is -0.0286. The summed E-state index contributed by atoms with van der Waals surface area (Å²) in [7, 11) is 0. The Bertz CT molecular complexity index is 610. The number of nitrogens with one attached hydrogen (secondary N) is 1. The van der Waals surface area contributed by atoms with E-state index in [1.165, 1.54) is 0 Å². The van der Waals surface area contributed by atoms with Gasteiger partial charge in [-0.05, 0) is 24.6 Å². The van der Waals surface area contributed by atoms with Gasteiger partial charge < -0.3 is 9.88 Å². The van der Waals surface area contributed by atoms with Crippen LogP contribution in [0, 0.1) is 0 Å². The number of amides is 1. The number of aromatic nitrogens is 2. The molecule has 0 atom stereocenters. The van der Waals surface area contributed by atoms with Gasteiger partial charge in [-0.2, -0.15) is 0 Å². The van der Waals surface area contributed by atoms with Crippen LogP contribution in [0.4, 0.5) is 0 Å². The van der Waals surface area contributed by atoms with Crippen LogP contribution in [0.25, 0.3) is 11.0 Å². The van der Waals surface area contributed by atoms with Crippen LogP contribution < -0.4 is 5.32 Å². The fourth-order valence-electron chi connectivity index (χ4n) is 2.04. The van der Waals surface area contributed by atoms with Crippen LogP contribution in [0.2, 0.25) is 5.02 Å². The van der Waals surface area contributed by atoms with Gasteiger partial charge in [-0.15, -0.1) is 11.6 Å². The van der Waals surface area contributed by atoms with Crippen molar-refractivity contribution in [2.45, 2.75) is 32.2 Å². The molecule has 6 heteroatoms. The fraction of sp³-hybridized carbons (Fsp3) is 0.429. The minimum Gasteiger partial charge on any atom is -0.355 e. The summed E-state index contributed by atoms with van der Waals surface area (Å²) in [5.41, 5.74) is 1.63. The van der Waals surface area contributed by atoms with Gasteiger partial charge in [-0.25, -0.2) is 4.98 Å². The first-order valence-corrected chi connectivity index (χ1v) is 7.54. The number of alkyl halides is 1. The molecule has 0 aliphatic rings. The lowest BCUT2D eigenvalue weighted by molar-refractivity contribution is -0.121. The number of carbonyl (C=O) groups is 1. The lowest BCUT2D eigenvalue weighted by Gasteiger charge is -2.08. The molecule has 20 heavy (non-hydrogen) atoms. The van der Waals surface area contributed by atoms with E-state index >= 15 is 0 Å². The number of imidazole rings is 1. The summed E-state index contributed by atoms with van der Waals surface area (Å²) in [5, 5.41) is 3.51. The van der Waals surface area contributed by atoms with Crippen molar-refractivity contribution in [1.29, 1.82) is 0 Å². The molecule has 0 spiro atoms. The SMILES string of the molecule is CCCCNC(=O)Cn1c(CCl)nc2cc(Cl)ccc21. The third-order valence-electron chi connectivity index (χ3n) is 3.06. The van der Waals surface area contributed by atoms with Gasteiger partial charge in [0.05, 0.1) is 16.9 Å². The van der Waals surface area contributed by atoms with Gasteiger partial charge >= 0.3 is 0 Å². The number of benzene rings is 1. The van der Waals surface area contributed by atoms with E-state index in [1.54, 1.807) is 12.1 Å². The predicted octanol–water partition coefficient (Wildman–Crippen LogP) is 3.34. The molecule has 1 aromatic carbocycles. The summed E-state index contributed by atoms with van der Waals surface area (Å²) >= 11 is 11.9. The largest absolute Gasteiger partial charge is 0.355 e. The zero-order valence-electron chi connectivity index (χ0n) is 11.3. The second kappa shape index (κ2) is 6.95. The number of fused-ring (bicyclic) bond motifs is 1. The molecule has 0 aliphatic carbocycles. The van der Waals surface area contributed by atoms with Gasteiger partial charge in [0, 0.05) is 11.6 Å². The normalized spacial score (nSPS) is 10.9. The van der Waals surface area contributed by atoms with Crippen LogP contribution in [0.5, 0.6) is 0 Å². The van der Waals surface area contributed by atoms with Crippen molar-refractivity contribution >= 4 is 40.1 Å². The molecule has 108 valence electrons. The van der Waals surface area contributed by atoms with Crippen LogP contribution in [0.1, 0.15) is 25.6 Å². The van der Waals surface area contributed by atoms with E-state index in [2.05, 4.69) is 17.2 Å². The monoisotopic (exact) mass is 313 g/mol. The Labute approximate surface area is 128 Å². The van der Waals surface area contributed by atoms with Crippen LogP contribution in [0.15, 0.2) is 18.2 Å². The number of unbranched alkanes of at least 4 members (excludes halogenated alkanes) is 1. The van der Waals surface area contributed by atoms with Crippen molar-refractivity contribution in [2.24, 2.45) is 0 Å². The lowest BCUT2D eigenvalue weighted by Crippen LogP contribution is -2.28. The van der Waals surface area contributed by atoms with Crippen LogP contribution in [-0.4, -0.2) is 22.0 Å². The van der Waals surface area contributed by atoms with Gasteiger partial charge in [-0.1, -0.05) is 24.9 Å². The molecule has 0 aliphatic heterocycles. The molecule has 1 heterocycles. The maximum atomic E-state index is 11.9. The van der Waals surface area contributed by atoms with E-state index in [0.717, 1.165) is 23.9 Å². The van der Waals surface area contributed by atoms with E-state index < -0.39 is 0 Å². The summed E-state index contributed by atoms with van der Waals surface area (Å²) in [5.74, 6) is 0.905. The van der Waals surface area contributed by atoms with Crippen molar-refractivity contribution in [2.75, 3.05) is 6.54 Å². The highest BCUT2D eigenvalue weighted by Crippen LogP contribution is 2.21. The van der Waals surface area contributed by atoms with Gasteiger partial charge in [0.1, 0.15) is 12.4 Å². The molecule has 0 fully saturated rings. The molecule has 0 saturated carbocycles. The molecule has 1 amide bonds. The van der Waals surface area contributed by atoms with Crippen LogP contribution in [0.3, 0.4) is 0 Å². The molecule has 1 N–H and O–H groups in total. The molecule has 1 aromatic heterocycles. The third-order valence-corrected chi connectivity index (χ3v) is 3.54. The lowest BCUT2D eigenvalue weighted by atomic mass is 10.3. The number of hydrogen-bond acceptors (Lipinski definition) is 2. The third kappa shape index (κ3) is 3.44. The summed E-state index contributed by atoms with van der Waals surface area (Å²) in [6.45, 7) is 3.01. The first-order chi connectivity index (χ1) is 9.65. The van der Waals surface area contributed by atoms with Gasteiger partial charge in [-0.3, -0.25) is 4.79 Å². The average molecular weight is 314 g/mol. The van der Waals surface area contributed by atoms with Crippen molar-refractivity contribution in [1.82, 2.24) is 14.9 Å². The van der Waals surface area contributed by atoms with Gasteiger partial charge in [0.25, 0.3) is 0 Å². The number of rotatable bonds is 6. The van der Waals surface area contributed by atoms with Gasteiger partial charge in [0.15, 0.2) is 0 Å². The number of nitrogens with zero attached hydrogens (tertiary/aromatic N) is 2. The Balaban J connectivity index is 2.21. The maximum absolute atomic E-state index is 11.9. The summed E-state index contributed by atoms with van der Waals surface area (Å²) in [6, 6.07) is 5.42. The van der Waals surface area contributed by atoms with Crippen molar-refractivity contribution < 1.29 is 4.79 Å². The average Bonchev–Trinajstić information content (AvgIpc) is 2.76. The highest BCUT2D eigenvalue weighted by molar-refractivity contribution is 6.31. The molecule has 2 rings (SSSR count). The molecule has 0 radical (unpaired) electrons. The molecule has 0 bridgehead atoms. The molecule has 0 unspecified atom stereocenters. The van der Waals surface area contributed by atoms with E-state index in [-0.39, 0.29) is 18.3 Å². The number of carbonyl (C=O) groups excluding carboxylic acids is 1. The molecular weight excluding hydrogens is 297 g/mol. The highest BCUT2D eigenvalue weighted by Gasteiger charge is 2.13. The summed E-state index contributed by atoms with van der Waals surface area (Å²) < 4.78 is 1.83. The Kier molecular flexibility index (Phi) is 5.26. The Morgan fingerprint density at radius 2 is 2.25 bits per heavy atom. The predicted molar refractivity (Wildman–Crippen MR) is 82.2 cm³/mol. The van der Waals surface area contributed by atoms with E-state index in [1.807, 2.05) is 10.6 Å². The van der Waals surface area contributed by atoms with Gasteiger partial charge in [0.2, 0.25) is 5.91 Å². The Morgan fingerprint density at radius 1 is 1.45 bits per heavy atom. The van der Waals surface area contributed by atoms with Crippen molar-refractivity contribution in [3.8, 4) is 0 Å². The number of halogens is 2. The first-order valence-electron chi connectivity index (χ1n) is 6.63. The molecule has 2 aromatic rings. The quantitative estimate of drug-likeness (QED) is 0.656. The molecule has 4 nitrogen and oxygen atoms in total. The first kappa shape index (κ1) is 15.1. The Morgan fingerprint density at radius 3 is 2.95 bits per heavy atom. The zero-order chi connectivity index (χ0) is 14.5. The van der Waals surface area contributed by atoms with Crippen molar-refractivity contribution in [3.63, 3.8) is 0 Å². The van der Waals surface area contributed by atoms with E-state index in [0.29, 0.717) is 17.4 Å². The summed E-state index contributed by atoms with van der Waals surface area (Å²) in [6.07, 6.45) is 2.04. The van der Waals surface area contributed by atoms with E-state index in [9.17, 15) is 4.79 Å². The summed E-state index contributed by atoms with van der Waals surface area (Å²) in [4.78, 5) is 16.3. The van der Waals surface area contributed by atoms with Crippen LogP contribution in [-0.2, 0) is 17.2 Å². The second-order valence-electron chi connectivity index (χ2n) is 4.58. The standard InChI is InChI=1S/C14H17Cl2N3O/c1-2-3-6-17-14(20)9-19-12-5-4-10(16)7-11(12)18-13(19)8-15/h4-5,7H,2-3,6,8-9H2,1H3,(H,17,20). The smallest absolute Gasteiger partial charge is 0.240 e. The minimum absolute atomic E-state index is 0.0286. The number of hydrogen-bond donors (Lipinski definition) is 1. The topological polar surface area (TPSA) is 46.9 Å².